The van der Waals surface area contributed by atoms with Crippen LogP contribution in [-0.4, -0.2) is 31.3 Å². The summed E-state index contributed by atoms with van der Waals surface area (Å²) < 4.78 is 0. The number of carbonyl (C=O) groups is 1. The van der Waals surface area contributed by atoms with E-state index in [1.165, 1.54) is 6.33 Å². The van der Waals surface area contributed by atoms with Crippen molar-refractivity contribution < 1.29 is 4.79 Å². The number of benzene rings is 1. The van der Waals surface area contributed by atoms with Crippen LogP contribution in [0.4, 0.5) is 0 Å². The van der Waals surface area contributed by atoms with Crippen molar-refractivity contribution in [3.8, 4) is 0 Å². The molecule has 0 saturated heterocycles. The molecule has 0 bridgehead atoms. The zero-order chi connectivity index (χ0) is 13.2. The number of H-pyrrole nitrogens is 2. The number of carbonyl (C=O) groups excluding carboxylic acids is 1. The molecule has 0 radical (unpaired) electrons. The normalized spacial score (nSPS) is 12.5. The van der Waals surface area contributed by atoms with Crippen LogP contribution in [0.5, 0.6) is 0 Å². The van der Waals surface area contributed by atoms with Crippen molar-refractivity contribution in [3.05, 3.63) is 42.1 Å². The Hall–Kier alpha value is -2.70. The number of nitrogens with zero attached hydrogens (tertiary/aromatic N) is 3. The van der Waals surface area contributed by atoms with Crippen LogP contribution in [0, 0.1) is 0 Å². The largest absolute Gasteiger partial charge is 0.342 e. The van der Waals surface area contributed by atoms with Crippen LogP contribution < -0.4 is 5.32 Å². The van der Waals surface area contributed by atoms with Gasteiger partial charge in [-0.05, 0) is 25.1 Å². The molecule has 1 aromatic carbocycles. The highest BCUT2D eigenvalue weighted by Gasteiger charge is 2.13. The van der Waals surface area contributed by atoms with Gasteiger partial charge in [-0.3, -0.25) is 15.0 Å². The molecule has 0 fully saturated rings. The van der Waals surface area contributed by atoms with Crippen molar-refractivity contribution in [1.29, 1.82) is 0 Å². The quantitative estimate of drug-likeness (QED) is 0.655. The first-order valence-corrected chi connectivity index (χ1v) is 5.83. The number of rotatable bonds is 3. The Kier molecular flexibility index (Phi) is 2.71. The van der Waals surface area contributed by atoms with E-state index in [2.05, 4.69) is 30.7 Å². The molecule has 0 aliphatic carbocycles. The molecule has 0 aliphatic rings. The number of amides is 1. The number of aromatic nitrogens is 5. The SMILES string of the molecule is CC(NC(=O)c1ccc2[nH]ncc2c1)c1ncn[nH]1. The summed E-state index contributed by atoms with van der Waals surface area (Å²) in [6.07, 6.45) is 3.10. The van der Waals surface area contributed by atoms with Gasteiger partial charge in [0.2, 0.25) is 0 Å². The fraction of sp³-hybridized carbons (Fsp3) is 0.167. The smallest absolute Gasteiger partial charge is 0.251 e. The van der Waals surface area contributed by atoms with Gasteiger partial charge >= 0.3 is 0 Å². The van der Waals surface area contributed by atoms with Crippen molar-refractivity contribution in [2.75, 3.05) is 0 Å². The lowest BCUT2D eigenvalue weighted by Crippen LogP contribution is -2.27. The van der Waals surface area contributed by atoms with Crippen LogP contribution in [0.3, 0.4) is 0 Å². The summed E-state index contributed by atoms with van der Waals surface area (Å²) in [5.74, 6) is 0.463. The Labute approximate surface area is 108 Å². The van der Waals surface area contributed by atoms with E-state index >= 15 is 0 Å². The summed E-state index contributed by atoms with van der Waals surface area (Å²) >= 11 is 0. The van der Waals surface area contributed by atoms with Gasteiger partial charge in [-0.25, -0.2) is 4.98 Å². The zero-order valence-electron chi connectivity index (χ0n) is 10.2. The Morgan fingerprint density at radius 1 is 1.32 bits per heavy atom. The van der Waals surface area contributed by atoms with Gasteiger partial charge in [-0.1, -0.05) is 0 Å². The summed E-state index contributed by atoms with van der Waals surface area (Å²) in [5.41, 5.74) is 1.49. The van der Waals surface area contributed by atoms with Gasteiger partial charge in [0.25, 0.3) is 5.91 Å². The van der Waals surface area contributed by atoms with Crippen LogP contribution in [0.25, 0.3) is 10.9 Å². The highest BCUT2D eigenvalue weighted by molar-refractivity contribution is 5.97. The van der Waals surface area contributed by atoms with Gasteiger partial charge in [-0.15, -0.1) is 0 Å². The van der Waals surface area contributed by atoms with E-state index in [9.17, 15) is 4.79 Å². The van der Waals surface area contributed by atoms with Crippen molar-refractivity contribution in [2.45, 2.75) is 13.0 Å². The molecule has 3 N–H and O–H groups in total. The summed E-state index contributed by atoms with van der Waals surface area (Å²) in [6.45, 7) is 1.84. The van der Waals surface area contributed by atoms with Crippen molar-refractivity contribution >= 4 is 16.8 Å². The van der Waals surface area contributed by atoms with Gasteiger partial charge in [0, 0.05) is 10.9 Å². The molecule has 1 unspecified atom stereocenters. The predicted molar refractivity (Wildman–Crippen MR) is 68.4 cm³/mol. The third kappa shape index (κ3) is 2.17. The molecule has 1 atom stereocenters. The fourth-order valence-electron chi connectivity index (χ4n) is 1.86. The van der Waals surface area contributed by atoms with Gasteiger partial charge in [0.1, 0.15) is 12.2 Å². The summed E-state index contributed by atoms with van der Waals surface area (Å²) in [4.78, 5) is 16.1. The van der Waals surface area contributed by atoms with E-state index in [1.54, 1.807) is 18.3 Å². The monoisotopic (exact) mass is 256 g/mol. The van der Waals surface area contributed by atoms with Crippen LogP contribution >= 0.6 is 0 Å². The molecule has 19 heavy (non-hydrogen) atoms. The summed E-state index contributed by atoms with van der Waals surface area (Å²) in [5, 5.41) is 17.0. The molecule has 3 rings (SSSR count). The van der Waals surface area contributed by atoms with Gasteiger partial charge < -0.3 is 5.32 Å². The molecule has 0 saturated carbocycles. The lowest BCUT2D eigenvalue weighted by atomic mass is 10.1. The fourth-order valence-corrected chi connectivity index (χ4v) is 1.86. The topological polar surface area (TPSA) is 99.3 Å². The van der Waals surface area contributed by atoms with Crippen LogP contribution in [-0.2, 0) is 0 Å². The first-order valence-electron chi connectivity index (χ1n) is 5.83. The van der Waals surface area contributed by atoms with E-state index in [0.29, 0.717) is 11.4 Å². The van der Waals surface area contributed by atoms with Gasteiger partial charge in [0.05, 0.1) is 17.8 Å². The highest BCUT2D eigenvalue weighted by Crippen LogP contribution is 2.14. The molecule has 7 heteroatoms. The molecule has 2 aromatic heterocycles. The number of aromatic amines is 2. The molecule has 7 nitrogen and oxygen atoms in total. The Morgan fingerprint density at radius 2 is 2.21 bits per heavy atom. The predicted octanol–water partition coefficient (Wildman–Crippen LogP) is 1.17. The van der Waals surface area contributed by atoms with Crippen molar-refractivity contribution in [1.82, 2.24) is 30.7 Å². The summed E-state index contributed by atoms with van der Waals surface area (Å²) in [6, 6.07) is 5.15. The molecular weight excluding hydrogens is 244 g/mol. The number of hydrogen-bond donors (Lipinski definition) is 3. The van der Waals surface area contributed by atoms with Crippen LogP contribution in [0.15, 0.2) is 30.7 Å². The Morgan fingerprint density at radius 3 is 3.00 bits per heavy atom. The Bertz CT molecular complexity index is 702. The minimum atomic E-state index is -0.227. The lowest BCUT2D eigenvalue weighted by Gasteiger charge is -2.10. The first-order chi connectivity index (χ1) is 9.24. The maximum Gasteiger partial charge on any atom is 0.251 e. The highest BCUT2D eigenvalue weighted by atomic mass is 16.1. The molecule has 0 aliphatic heterocycles. The molecule has 0 spiro atoms. The standard InChI is InChI=1S/C12H12N6O/c1-7(11-13-6-15-18-11)16-12(19)8-2-3-10-9(4-8)5-14-17-10/h2-7H,1H3,(H,14,17)(H,16,19)(H,13,15,18). The van der Waals surface area contributed by atoms with E-state index in [0.717, 1.165) is 10.9 Å². The van der Waals surface area contributed by atoms with Crippen LogP contribution in [0.1, 0.15) is 29.1 Å². The maximum absolute atomic E-state index is 12.1. The second-order valence-corrected chi connectivity index (χ2v) is 4.24. The van der Waals surface area contributed by atoms with E-state index in [1.807, 2.05) is 13.0 Å². The van der Waals surface area contributed by atoms with Crippen molar-refractivity contribution in [3.63, 3.8) is 0 Å². The van der Waals surface area contributed by atoms with Crippen LogP contribution in [0.2, 0.25) is 0 Å². The Balaban J connectivity index is 1.79. The molecule has 1 amide bonds. The van der Waals surface area contributed by atoms with Gasteiger partial charge in [0.15, 0.2) is 0 Å². The minimum absolute atomic E-state index is 0.160. The first kappa shape index (κ1) is 11.4. The minimum Gasteiger partial charge on any atom is -0.342 e. The second kappa shape index (κ2) is 4.52. The third-order valence-corrected chi connectivity index (χ3v) is 2.89. The molecule has 3 aromatic rings. The summed E-state index contributed by atoms with van der Waals surface area (Å²) in [7, 11) is 0. The van der Waals surface area contributed by atoms with E-state index < -0.39 is 0 Å². The third-order valence-electron chi connectivity index (χ3n) is 2.89. The molecule has 96 valence electrons. The number of nitrogens with one attached hydrogen (secondary N) is 3. The maximum atomic E-state index is 12.1. The average Bonchev–Trinajstić information content (AvgIpc) is 3.09. The van der Waals surface area contributed by atoms with E-state index in [-0.39, 0.29) is 11.9 Å². The number of fused-ring (bicyclic) bond motifs is 1. The zero-order valence-corrected chi connectivity index (χ0v) is 10.2. The number of hydrogen-bond acceptors (Lipinski definition) is 4. The second-order valence-electron chi connectivity index (χ2n) is 4.24. The average molecular weight is 256 g/mol. The molecule has 2 heterocycles. The van der Waals surface area contributed by atoms with Gasteiger partial charge in [-0.2, -0.15) is 10.2 Å². The van der Waals surface area contributed by atoms with E-state index in [4.69, 9.17) is 0 Å². The van der Waals surface area contributed by atoms with Crippen molar-refractivity contribution in [2.24, 2.45) is 0 Å². The lowest BCUT2D eigenvalue weighted by molar-refractivity contribution is 0.0938. The molecular formula is C12H12N6O.